The molecule has 2 aromatic carbocycles. The first kappa shape index (κ1) is 23.9. The molecule has 1 heterocycles. The fourth-order valence-corrected chi connectivity index (χ4v) is 2.95. The first-order valence-corrected chi connectivity index (χ1v) is 8.58. The van der Waals surface area contributed by atoms with Crippen LogP contribution in [0.4, 0.5) is 0 Å². The Morgan fingerprint density at radius 2 is 1.52 bits per heavy atom. The predicted molar refractivity (Wildman–Crippen MR) is 119 cm³/mol. The highest BCUT2D eigenvalue weighted by Crippen LogP contribution is 2.24. The van der Waals surface area contributed by atoms with Crippen molar-refractivity contribution >= 4 is 35.0 Å². The molecule has 0 saturated heterocycles. The first-order chi connectivity index (χ1) is 12.7. The van der Waals surface area contributed by atoms with Crippen molar-refractivity contribution in [3.8, 4) is 5.69 Å². The molecule has 3 rings (SSSR count). The highest BCUT2D eigenvalue weighted by atomic mass is 35.5. The lowest BCUT2D eigenvalue weighted by molar-refractivity contribution is 0.100. The van der Waals surface area contributed by atoms with E-state index in [2.05, 4.69) is 25.8 Å². The number of amides is 1. The summed E-state index contributed by atoms with van der Waals surface area (Å²) in [4.78, 5) is 29.1. The number of rotatable bonds is 2. The van der Waals surface area contributed by atoms with Gasteiger partial charge in [-0.1, -0.05) is 51.1 Å². The number of aromatic nitrogens is 1. The van der Waals surface area contributed by atoms with Crippen LogP contribution in [0.3, 0.4) is 0 Å². The fraction of sp³-hybridized carbons (Fsp3) is 0.190. The van der Waals surface area contributed by atoms with Gasteiger partial charge in [-0.05, 0) is 29.2 Å². The number of hydrogen-bond acceptors (Lipinski definition) is 2. The van der Waals surface area contributed by atoms with Crippen molar-refractivity contribution in [2.45, 2.75) is 26.2 Å². The maximum absolute atomic E-state index is 13.0. The summed E-state index contributed by atoms with van der Waals surface area (Å²) in [5.41, 5.74) is 12.6. The van der Waals surface area contributed by atoms with Gasteiger partial charge in [-0.15, -0.1) is 12.4 Å². The zero-order chi connectivity index (χ0) is 19.8. The van der Waals surface area contributed by atoms with Crippen LogP contribution in [0.15, 0.2) is 64.5 Å². The highest BCUT2D eigenvalue weighted by Gasteiger charge is 2.17. The minimum absolute atomic E-state index is 0. The molecule has 7 nitrogen and oxygen atoms in total. The van der Waals surface area contributed by atoms with E-state index in [0.29, 0.717) is 16.5 Å². The molecule has 0 fully saturated rings. The second-order valence-electron chi connectivity index (χ2n) is 7.40. The summed E-state index contributed by atoms with van der Waals surface area (Å²) in [5, 5.41) is 0.939. The second-order valence-corrected chi connectivity index (χ2v) is 7.40. The molecule has 6 N–H and O–H groups in total. The summed E-state index contributed by atoms with van der Waals surface area (Å²) in [6.07, 6.45) is 1.49. The molecule has 0 saturated carbocycles. The standard InChI is InChI=1S/C21H22N4O2.ClH.H2O/c1-21(2,3)13-8-10-14(11-9-13)25-12-17(18(26)24-20(22)23)15-6-4-5-7-16(15)19(25)27;;/h4-12H,1-3H3,(H4,22,23,24,26);1H;1H2. The number of guanidine groups is 1. The number of carbonyl (C=O) groups is 1. The van der Waals surface area contributed by atoms with E-state index in [1.165, 1.54) is 10.8 Å². The monoisotopic (exact) mass is 416 g/mol. The molecule has 0 unspecified atom stereocenters. The number of hydrogen-bond donors (Lipinski definition) is 2. The molecule has 0 bridgehead atoms. The molecule has 154 valence electrons. The number of benzene rings is 2. The van der Waals surface area contributed by atoms with Gasteiger partial charge in [0.15, 0.2) is 5.96 Å². The van der Waals surface area contributed by atoms with Gasteiger partial charge < -0.3 is 16.9 Å². The highest BCUT2D eigenvalue weighted by molar-refractivity contribution is 6.10. The molecule has 29 heavy (non-hydrogen) atoms. The number of aliphatic imine (C=N–C) groups is 1. The third-order valence-corrected chi connectivity index (χ3v) is 4.40. The van der Waals surface area contributed by atoms with Crippen molar-refractivity contribution in [1.82, 2.24) is 4.57 Å². The predicted octanol–water partition coefficient (Wildman–Crippen LogP) is 2.30. The number of pyridine rings is 1. The van der Waals surface area contributed by atoms with Crippen LogP contribution in [0.25, 0.3) is 16.5 Å². The molecule has 0 aliphatic rings. The Balaban J connectivity index is 0.00000210. The van der Waals surface area contributed by atoms with Crippen LogP contribution >= 0.6 is 12.4 Å². The number of fused-ring (bicyclic) bond motifs is 1. The minimum Gasteiger partial charge on any atom is -0.412 e. The smallest absolute Gasteiger partial charge is 0.282 e. The third kappa shape index (κ3) is 4.82. The molecule has 1 amide bonds. The third-order valence-electron chi connectivity index (χ3n) is 4.40. The number of nitrogens with two attached hydrogens (primary N) is 2. The lowest BCUT2D eigenvalue weighted by Gasteiger charge is -2.19. The van der Waals surface area contributed by atoms with Gasteiger partial charge in [-0.2, -0.15) is 4.99 Å². The van der Waals surface area contributed by atoms with Crippen LogP contribution in [0.5, 0.6) is 0 Å². The van der Waals surface area contributed by atoms with Crippen LogP contribution in [0.2, 0.25) is 0 Å². The maximum Gasteiger partial charge on any atom is 0.282 e. The molecule has 8 heteroatoms. The van der Waals surface area contributed by atoms with E-state index >= 15 is 0 Å². The zero-order valence-corrected chi connectivity index (χ0v) is 17.3. The summed E-state index contributed by atoms with van der Waals surface area (Å²) in [6.45, 7) is 6.36. The normalized spacial score (nSPS) is 10.6. The van der Waals surface area contributed by atoms with Crippen molar-refractivity contribution in [3.63, 3.8) is 0 Å². The van der Waals surface area contributed by atoms with Crippen LogP contribution in [0, 0.1) is 0 Å². The van der Waals surface area contributed by atoms with Gasteiger partial charge in [0.05, 0.1) is 5.56 Å². The Kier molecular flexibility index (Phi) is 7.32. The van der Waals surface area contributed by atoms with Crippen LogP contribution in [-0.2, 0) is 5.41 Å². The molecule has 0 aliphatic carbocycles. The summed E-state index contributed by atoms with van der Waals surface area (Å²) in [5.74, 6) is -0.914. The number of carbonyl (C=O) groups excluding carboxylic acids is 1. The zero-order valence-electron chi connectivity index (χ0n) is 16.5. The Hall–Kier alpha value is -3.16. The quantitative estimate of drug-likeness (QED) is 0.489. The largest absolute Gasteiger partial charge is 0.412 e. The molecule has 1 aromatic heterocycles. The van der Waals surface area contributed by atoms with Crippen molar-refractivity contribution in [3.05, 3.63) is 76.2 Å². The van der Waals surface area contributed by atoms with Crippen molar-refractivity contribution in [1.29, 1.82) is 0 Å². The Morgan fingerprint density at radius 3 is 2.03 bits per heavy atom. The number of nitrogens with zero attached hydrogens (tertiary/aromatic N) is 2. The van der Waals surface area contributed by atoms with E-state index < -0.39 is 5.91 Å². The van der Waals surface area contributed by atoms with Gasteiger partial charge in [0.1, 0.15) is 0 Å². The Bertz CT molecular complexity index is 1110. The van der Waals surface area contributed by atoms with Gasteiger partial charge in [-0.3, -0.25) is 14.2 Å². The summed E-state index contributed by atoms with van der Waals surface area (Å²) < 4.78 is 1.45. The molecule has 0 radical (unpaired) electrons. The molecule has 0 atom stereocenters. The van der Waals surface area contributed by atoms with Crippen molar-refractivity contribution < 1.29 is 10.3 Å². The summed E-state index contributed by atoms with van der Waals surface area (Å²) >= 11 is 0. The lowest BCUT2D eigenvalue weighted by atomic mass is 9.87. The lowest BCUT2D eigenvalue weighted by Crippen LogP contribution is -2.25. The second kappa shape index (κ2) is 8.89. The van der Waals surface area contributed by atoms with Crippen molar-refractivity contribution in [2.75, 3.05) is 0 Å². The van der Waals surface area contributed by atoms with Gasteiger partial charge in [0.2, 0.25) is 0 Å². The van der Waals surface area contributed by atoms with E-state index in [-0.39, 0.29) is 40.4 Å². The maximum atomic E-state index is 13.0. The van der Waals surface area contributed by atoms with E-state index in [4.69, 9.17) is 11.5 Å². The molecular formula is C21H25ClN4O3. The van der Waals surface area contributed by atoms with Crippen LogP contribution < -0.4 is 17.0 Å². The van der Waals surface area contributed by atoms with Gasteiger partial charge in [-0.25, -0.2) is 0 Å². The number of halogens is 1. The first-order valence-electron chi connectivity index (χ1n) is 8.58. The summed E-state index contributed by atoms with van der Waals surface area (Å²) in [7, 11) is 0. The SMILES string of the molecule is CC(C)(C)c1ccc(-n2cc(C(=O)N=C(N)N)c3ccccc3c2=O)cc1.Cl.O. The summed E-state index contributed by atoms with van der Waals surface area (Å²) in [6, 6.07) is 14.6. The van der Waals surface area contributed by atoms with Gasteiger partial charge in [0, 0.05) is 22.7 Å². The minimum atomic E-state index is -0.591. The fourth-order valence-electron chi connectivity index (χ4n) is 2.95. The van der Waals surface area contributed by atoms with E-state index in [0.717, 1.165) is 5.56 Å². The Labute approximate surface area is 174 Å². The topological polar surface area (TPSA) is 135 Å². The molecular weight excluding hydrogens is 392 g/mol. The van der Waals surface area contributed by atoms with E-state index in [1.807, 2.05) is 24.3 Å². The molecule has 3 aromatic rings. The average Bonchev–Trinajstić information content (AvgIpc) is 2.61. The Morgan fingerprint density at radius 1 is 0.966 bits per heavy atom. The molecule has 0 aliphatic heterocycles. The van der Waals surface area contributed by atoms with Crippen LogP contribution in [-0.4, -0.2) is 21.9 Å². The van der Waals surface area contributed by atoms with E-state index in [1.54, 1.807) is 24.3 Å². The van der Waals surface area contributed by atoms with Crippen molar-refractivity contribution in [2.24, 2.45) is 16.5 Å². The van der Waals surface area contributed by atoms with Gasteiger partial charge >= 0.3 is 0 Å². The van der Waals surface area contributed by atoms with E-state index in [9.17, 15) is 9.59 Å². The molecule has 0 spiro atoms. The van der Waals surface area contributed by atoms with Crippen LogP contribution in [0.1, 0.15) is 36.7 Å². The van der Waals surface area contributed by atoms with Gasteiger partial charge in [0.25, 0.3) is 11.5 Å². The average molecular weight is 417 g/mol.